The van der Waals surface area contributed by atoms with Crippen molar-refractivity contribution in [3.63, 3.8) is 0 Å². The maximum atomic E-state index is 5.23. The smallest absolute Gasteiger partial charge is 0.118 e. The van der Waals surface area contributed by atoms with Crippen LogP contribution in [0.1, 0.15) is 11.3 Å². The summed E-state index contributed by atoms with van der Waals surface area (Å²) in [6.45, 7) is 0. The third kappa shape index (κ3) is 2.53. The molecular formula is C21H17NO. The fourth-order valence-corrected chi connectivity index (χ4v) is 3.05. The summed E-state index contributed by atoms with van der Waals surface area (Å²) in [6, 6.07) is 25.0. The summed E-state index contributed by atoms with van der Waals surface area (Å²) in [5.74, 6) is 0.880. The number of rotatable bonds is 3. The Morgan fingerprint density at radius 2 is 1.39 bits per heavy atom. The zero-order valence-electron chi connectivity index (χ0n) is 13.0. The van der Waals surface area contributed by atoms with E-state index in [0.717, 1.165) is 23.4 Å². The Morgan fingerprint density at radius 1 is 0.739 bits per heavy atom. The molecule has 0 atom stereocenters. The van der Waals surface area contributed by atoms with E-state index in [9.17, 15) is 0 Å². The molecule has 2 nitrogen and oxygen atoms in total. The van der Waals surface area contributed by atoms with Gasteiger partial charge in [0.1, 0.15) is 5.75 Å². The first-order chi connectivity index (χ1) is 11.3. The van der Waals surface area contributed by atoms with Gasteiger partial charge in [0.25, 0.3) is 0 Å². The van der Waals surface area contributed by atoms with Crippen molar-refractivity contribution >= 4 is 21.7 Å². The van der Waals surface area contributed by atoms with E-state index in [2.05, 4.69) is 54.6 Å². The third-order valence-electron chi connectivity index (χ3n) is 4.22. The Bertz CT molecular complexity index is 974. The lowest BCUT2D eigenvalue weighted by Gasteiger charge is -2.10. The van der Waals surface area contributed by atoms with Crippen molar-refractivity contribution in [2.45, 2.75) is 6.42 Å². The summed E-state index contributed by atoms with van der Waals surface area (Å²) in [4.78, 5) is 4.91. The SMILES string of the molecule is COc1ccc(Cc2nc3ccccc3c3ccccc23)cc1. The predicted molar refractivity (Wildman–Crippen MR) is 95.0 cm³/mol. The van der Waals surface area contributed by atoms with Crippen molar-refractivity contribution in [1.82, 2.24) is 4.98 Å². The van der Waals surface area contributed by atoms with E-state index in [1.54, 1.807) is 7.11 Å². The minimum atomic E-state index is 0.815. The van der Waals surface area contributed by atoms with Crippen LogP contribution >= 0.6 is 0 Å². The van der Waals surface area contributed by atoms with Crippen molar-refractivity contribution in [3.8, 4) is 5.75 Å². The normalized spacial score (nSPS) is 11.0. The topological polar surface area (TPSA) is 22.1 Å². The summed E-state index contributed by atoms with van der Waals surface area (Å²) in [7, 11) is 1.69. The largest absolute Gasteiger partial charge is 0.497 e. The number of ether oxygens (including phenoxy) is 1. The molecule has 0 saturated heterocycles. The van der Waals surface area contributed by atoms with E-state index in [0.29, 0.717) is 0 Å². The summed E-state index contributed by atoms with van der Waals surface area (Å²) in [5, 5.41) is 3.70. The van der Waals surface area contributed by atoms with Gasteiger partial charge in [-0.05, 0) is 29.1 Å². The maximum Gasteiger partial charge on any atom is 0.118 e. The van der Waals surface area contributed by atoms with Gasteiger partial charge in [0.05, 0.1) is 18.3 Å². The van der Waals surface area contributed by atoms with Crippen LogP contribution in [-0.4, -0.2) is 12.1 Å². The summed E-state index contributed by atoms with van der Waals surface area (Å²) < 4.78 is 5.23. The average molecular weight is 299 g/mol. The molecule has 0 N–H and O–H groups in total. The molecule has 0 aliphatic heterocycles. The molecule has 1 aromatic heterocycles. The lowest BCUT2D eigenvalue weighted by atomic mass is 10.00. The Hall–Kier alpha value is -2.87. The minimum Gasteiger partial charge on any atom is -0.497 e. The number of aromatic nitrogens is 1. The van der Waals surface area contributed by atoms with Gasteiger partial charge in [-0.2, -0.15) is 0 Å². The highest BCUT2D eigenvalue weighted by atomic mass is 16.5. The number of methoxy groups -OCH3 is 1. The number of nitrogens with zero attached hydrogens (tertiary/aromatic N) is 1. The molecule has 4 aromatic rings. The molecule has 23 heavy (non-hydrogen) atoms. The van der Waals surface area contributed by atoms with Crippen LogP contribution in [0.2, 0.25) is 0 Å². The lowest BCUT2D eigenvalue weighted by Crippen LogP contribution is -1.96. The van der Waals surface area contributed by atoms with Crippen LogP contribution in [0.4, 0.5) is 0 Å². The van der Waals surface area contributed by atoms with Gasteiger partial charge >= 0.3 is 0 Å². The molecule has 0 radical (unpaired) electrons. The standard InChI is InChI=1S/C21H17NO/c1-23-16-12-10-15(11-13-16)14-21-19-8-3-2-6-17(19)18-7-4-5-9-20(18)22-21/h2-13H,14H2,1H3. The molecule has 0 unspecified atom stereocenters. The Balaban J connectivity index is 1.87. The van der Waals surface area contributed by atoms with Crippen LogP contribution in [0.25, 0.3) is 21.7 Å². The zero-order valence-corrected chi connectivity index (χ0v) is 13.0. The molecule has 0 fully saturated rings. The van der Waals surface area contributed by atoms with Crippen molar-refractivity contribution < 1.29 is 4.74 Å². The minimum absolute atomic E-state index is 0.815. The van der Waals surface area contributed by atoms with Gasteiger partial charge in [-0.25, -0.2) is 0 Å². The molecule has 4 rings (SSSR count). The highest BCUT2D eigenvalue weighted by molar-refractivity contribution is 6.06. The first-order valence-corrected chi connectivity index (χ1v) is 7.74. The van der Waals surface area contributed by atoms with E-state index in [4.69, 9.17) is 9.72 Å². The van der Waals surface area contributed by atoms with Crippen LogP contribution < -0.4 is 4.74 Å². The summed E-state index contributed by atoms with van der Waals surface area (Å²) in [6.07, 6.45) is 0.815. The molecule has 0 saturated carbocycles. The highest BCUT2D eigenvalue weighted by Gasteiger charge is 2.08. The molecule has 0 spiro atoms. The Morgan fingerprint density at radius 3 is 2.13 bits per heavy atom. The predicted octanol–water partition coefficient (Wildman–Crippen LogP) is 4.99. The molecule has 0 aliphatic rings. The highest BCUT2D eigenvalue weighted by Crippen LogP contribution is 2.27. The molecule has 2 heteroatoms. The fourth-order valence-electron chi connectivity index (χ4n) is 3.05. The zero-order chi connectivity index (χ0) is 15.6. The van der Waals surface area contributed by atoms with Crippen LogP contribution in [0.5, 0.6) is 5.75 Å². The lowest BCUT2D eigenvalue weighted by molar-refractivity contribution is 0.414. The van der Waals surface area contributed by atoms with Gasteiger partial charge < -0.3 is 4.74 Å². The Kier molecular flexibility index (Phi) is 3.43. The second-order valence-corrected chi connectivity index (χ2v) is 5.65. The monoisotopic (exact) mass is 299 g/mol. The number of hydrogen-bond donors (Lipinski definition) is 0. The maximum absolute atomic E-state index is 5.23. The average Bonchev–Trinajstić information content (AvgIpc) is 2.62. The van der Waals surface area contributed by atoms with Gasteiger partial charge in [-0.1, -0.05) is 54.6 Å². The molecule has 112 valence electrons. The van der Waals surface area contributed by atoms with E-state index < -0.39 is 0 Å². The van der Waals surface area contributed by atoms with E-state index in [1.165, 1.54) is 21.7 Å². The van der Waals surface area contributed by atoms with Gasteiger partial charge in [-0.3, -0.25) is 4.98 Å². The molecule has 3 aromatic carbocycles. The quantitative estimate of drug-likeness (QED) is 0.497. The van der Waals surface area contributed by atoms with Crippen LogP contribution in [0.15, 0.2) is 72.8 Å². The van der Waals surface area contributed by atoms with Crippen LogP contribution in [0.3, 0.4) is 0 Å². The molecule has 0 bridgehead atoms. The van der Waals surface area contributed by atoms with Crippen LogP contribution in [-0.2, 0) is 6.42 Å². The van der Waals surface area contributed by atoms with Gasteiger partial charge in [0.15, 0.2) is 0 Å². The molecular weight excluding hydrogens is 282 g/mol. The van der Waals surface area contributed by atoms with Gasteiger partial charge in [0, 0.05) is 17.2 Å². The summed E-state index contributed by atoms with van der Waals surface area (Å²) in [5.41, 5.74) is 3.40. The molecule has 0 amide bonds. The van der Waals surface area contributed by atoms with Gasteiger partial charge in [-0.15, -0.1) is 0 Å². The number of hydrogen-bond acceptors (Lipinski definition) is 2. The number of para-hydroxylation sites is 1. The van der Waals surface area contributed by atoms with Crippen molar-refractivity contribution in [2.75, 3.05) is 7.11 Å². The fraction of sp³-hybridized carbons (Fsp3) is 0.0952. The van der Waals surface area contributed by atoms with Crippen molar-refractivity contribution in [1.29, 1.82) is 0 Å². The van der Waals surface area contributed by atoms with E-state index in [-0.39, 0.29) is 0 Å². The summed E-state index contributed by atoms with van der Waals surface area (Å²) >= 11 is 0. The molecule has 1 heterocycles. The van der Waals surface area contributed by atoms with Gasteiger partial charge in [0.2, 0.25) is 0 Å². The number of pyridine rings is 1. The van der Waals surface area contributed by atoms with Crippen LogP contribution in [0, 0.1) is 0 Å². The molecule has 0 aliphatic carbocycles. The second-order valence-electron chi connectivity index (χ2n) is 5.65. The Labute approximate surface area is 135 Å². The first kappa shape index (κ1) is 13.8. The van der Waals surface area contributed by atoms with E-state index in [1.807, 2.05) is 18.2 Å². The van der Waals surface area contributed by atoms with Crippen molar-refractivity contribution in [3.05, 3.63) is 84.1 Å². The second kappa shape index (κ2) is 5.73. The van der Waals surface area contributed by atoms with Crippen molar-refractivity contribution in [2.24, 2.45) is 0 Å². The third-order valence-corrected chi connectivity index (χ3v) is 4.22. The first-order valence-electron chi connectivity index (χ1n) is 7.74. The van der Waals surface area contributed by atoms with E-state index >= 15 is 0 Å². The number of benzene rings is 3. The number of fused-ring (bicyclic) bond motifs is 3.